The Kier molecular flexibility index (Phi) is 4.41. The zero-order valence-electron chi connectivity index (χ0n) is 15.1. The van der Waals surface area contributed by atoms with Gasteiger partial charge in [0.25, 0.3) is 5.69 Å². The van der Waals surface area contributed by atoms with Gasteiger partial charge in [-0.25, -0.2) is 9.67 Å². The predicted octanol–water partition coefficient (Wildman–Crippen LogP) is 4.06. The van der Waals surface area contributed by atoms with E-state index in [-0.39, 0.29) is 11.2 Å². The van der Waals surface area contributed by atoms with Gasteiger partial charge >= 0.3 is 0 Å². The van der Waals surface area contributed by atoms with Crippen LogP contribution in [0.3, 0.4) is 0 Å². The molecular formula is C18H20N6O2. The van der Waals surface area contributed by atoms with Crippen LogP contribution < -0.4 is 5.32 Å². The van der Waals surface area contributed by atoms with E-state index in [1.165, 1.54) is 12.1 Å². The van der Waals surface area contributed by atoms with Crippen molar-refractivity contribution in [2.24, 2.45) is 0 Å². The maximum atomic E-state index is 10.8. The molecule has 1 N–H and O–H groups in total. The fourth-order valence-corrected chi connectivity index (χ4v) is 2.53. The minimum Gasteiger partial charge on any atom is -0.324 e. The summed E-state index contributed by atoms with van der Waals surface area (Å²) in [7, 11) is 0. The molecule has 3 aromatic rings. The summed E-state index contributed by atoms with van der Waals surface area (Å²) >= 11 is 0. The lowest BCUT2D eigenvalue weighted by molar-refractivity contribution is -0.384. The second-order valence-corrected chi connectivity index (χ2v) is 6.97. The van der Waals surface area contributed by atoms with Crippen LogP contribution in [0.5, 0.6) is 0 Å². The van der Waals surface area contributed by atoms with Gasteiger partial charge in [-0.15, -0.1) is 0 Å². The van der Waals surface area contributed by atoms with E-state index in [0.29, 0.717) is 5.82 Å². The Labute approximate surface area is 151 Å². The average Bonchev–Trinajstić information content (AvgIpc) is 2.99. The van der Waals surface area contributed by atoms with Crippen LogP contribution in [0, 0.1) is 17.0 Å². The third kappa shape index (κ3) is 3.69. The number of nitro benzene ring substituents is 1. The Bertz CT molecular complexity index is 941. The first-order chi connectivity index (χ1) is 12.2. The third-order valence-electron chi connectivity index (χ3n) is 3.73. The molecule has 0 radical (unpaired) electrons. The molecule has 0 atom stereocenters. The normalized spacial score (nSPS) is 11.4. The van der Waals surface area contributed by atoms with E-state index in [4.69, 9.17) is 0 Å². The summed E-state index contributed by atoms with van der Waals surface area (Å²) in [5.41, 5.74) is 2.12. The van der Waals surface area contributed by atoms with Gasteiger partial charge < -0.3 is 5.32 Å². The lowest BCUT2D eigenvalue weighted by Gasteiger charge is -2.22. The van der Waals surface area contributed by atoms with E-state index in [9.17, 15) is 10.1 Å². The van der Waals surface area contributed by atoms with Crippen molar-refractivity contribution in [1.82, 2.24) is 19.7 Å². The van der Waals surface area contributed by atoms with Crippen LogP contribution in [-0.2, 0) is 5.54 Å². The molecule has 0 saturated heterocycles. The molecule has 0 aliphatic heterocycles. The van der Waals surface area contributed by atoms with Gasteiger partial charge in [0.1, 0.15) is 11.6 Å². The maximum Gasteiger partial charge on any atom is 0.269 e. The van der Waals surface area contributed by atoms with E-state index < -0.39 is 4.92 Å². The summed E-state index contributed by atoms with van der Waals surface area (Å²) in [5, 5.41) is 18.8. The molecule has 2 heterocycles. The first-order valence-electron chi connectivity index (χ1n) is 8.15. The molecule has 0 fully saturated rings. The highest BCUT2D eigenvalue weighted by Crippen LogP contribution is 2.29. The molecule has 8 heteroatoms. The quantitative estimate of drug-likeness (QED) is 0.561. The number of aromatic nitrogens is 4. The van der Waals surface area contributed by atoms with Gasteiger partial charge in [0.05, 0.1) is 28.0 Å². The van der Waals surface area contributed by atoms with Crippen molar-refractivity contribution in [3.63, 3.8) is 0 Å². The Balaban J connectivity index is 2.00. The van der Waals surface area contributed by atoms with Crippen LogP contribution >= 0.6 is 0 Å². The number of anilines is 2. The van der Waals surface area contributed by atoms with E-state index in [2.05, 4.69) is 20.4 Å². The van der Waals surface area contributed by atoms with E-state index in [1.807, 2.05) is 38.4 Å². The maximum absolute atomic E-state index is 10.8. The molecule has 0 aliphatic rings. The highest BCUT2D eigenvalue weighted by molar-refractivity contribution is 5.66. The fraction of sp³-hybridized carbons (Fsp3) is 0.278. The van der Waals surface area contributed by atoms with Crippen molar-refractivity contribution in [3.8, 4) is 11.3 Å². The molecular weight excluding hydrogens is 332 g/mol. The van der Waals surface area contributed by atoms with Crippen molar-refractivity contribution in [2.75, 3.05) is 5.32 Å². The summed E-state index contributed by atoms with van der Waals surface area (Å²) in [6.45, 7) is 8.02. The molecule has 0 unspecified atom stereocenters. The third-order valence-corrected chi connectivity index (χ3v) is 3.73. The summed E-state index contributed by atoms with van der Waals surface area (Å²) < 4.78 is 1.87. The van der Waals surface area contributed by atoms with Gasteiger partial charge in [-0.05, 0) is 39.8 Å². The van der Waals surface area contributed by atoms with Crippen molar-refractivity contribution >= 4 is 17.3 Å². The number of benzene rings is 1. The topological polar surface area (TPSA) is 98.8 Å². The molecule has 0 aliphatic carbocycles. The number of hydrogen-bond donors (Lipinski definition) is 1. The average molecular weight is 352 g/mol. The van der Waals surface area contributed by atoms with Crippen LogP contribution in [0.25, 0.3) is 11.3 Å². The van der Waals surface area contributed by atoms with Gasteiger partial charge in [0.15, 0.2) is 0 Å². The van der Waals surface area contributed by atoms with Gasteiger partial charge in [-0.2, -0.15) is 5.10 Å². The number of nitro groups is 1. The number of non-ortho nitro benzene ring substituents is 1. The highest BCUT2D eigenvalue weighted by atomic mass is 16.6. The zero-order valence-corrected chi connectivity index (χ0v) is 15.1. The van der Waals surface area contributed by atoms with E-state index in [0.717, 1.165) is 22.8 Å². The minimum atomic E-state index is -0.416. The first-order valence-corrected chi connectivity index (χ1v) is 8.15. The molecule has 26 heavy (non-hydrogen) atoms. The number of hydrogen-bond acceptors (Lipinski definition) is 6. The lowest BCUT2D eigenvalue weighted by Crippen LogP contribution is -2.24. The zero-order chi connectivity index (χ0) is 18.9. The number of nitrogens with zero attached hydrogens (tertiary/aromatic N) is 5. The fourth-order valence-electron chi connectivity index (χ4n) is 2.53. The number of rotatable bonds is 4. The van der Waals surface area contributed by atoms with Gasteiger partial charge in [-0.1, -0.05) is 0 Å². The van der Waals surface area contributed by atoms with Crippen LogP contribution in [0.1, 0.15) is 26.5 Å². The van der Waals surface area contributed by atoms with Gasteiger partial charge in [-0.3, -0.25) is 15.1 Å². The Hall–Kier alpha value is -3.29. The van der Waals surface area contributed by atoms with E-state index >= 15 is 0 Å². The van der Waals surface area contributed by atoms with Crippen molar-refractivity contribution in [2.45, 2.75) is 33.2 Å². The number of aryl methyl sites for hydroxylation is 1. The lowest BCUT2D eigenvalue weighted by atomic mass is 10.1. The smallest absolute Gasteiger partial charge is 0.269 e. The van der Waals surface area contributed by atoms with E-state index in [1.54, 1.807) is 24.5 Å². The molecule has 0 amide bonds. The molecule has 2 aromatic heterocycles. The van der Waals surface area contributed by atoms with Crippen LogP contribution in [0.15, 0.2) is 42.7 Å². The molecule has 134 valence electrons. The standard InChI is InChI=1S/C18H20N6O2/c1-12-10-19-11-16(20-12)21-17-9-15(22-23(17)18(2,3)4)13-5-7-14(8-6-13)24(25)26/h5-11H,1-4H3,(H,20,21). The molecule has 0 saturated carbocycles. The summed E-state index contributed by atoms with van der Waals surface area (Å²) in [6.07, 6.45) is 3.34. The minimum absolute atomic E-state index is 0.0531. The van der Waals surface area contributed by atoms with Gasteiger partial charge in [0.2, 0.25) is 0 Å². The number of nitrogens with one attached hydrogen (secondary N) is 1. The Morgan fingerprint density at radius 2 is 1.85 bits per heavy atom. The molecule has 0 spiro atoms. The summed E-state index contributed by atoms with van der Waals surface area (Å²) in [6, 6.07) is 8.25. The largest absolute Gasteiger partial charge is 0.324 e. The first kappa shape index (κ1) is 17.5. The molecule has 0 bridgehead atoms. The second-order valence-electron chi connectivity index (χ2n) is 6.97. The molecule has 8 nitrogen and oxygen atoms in total. The Morgan fingerprint density at radius 1 is 1.15 bits per heavy atom. The van der Waals surface area contributed by atoms with Crippen molar-refractivity contribution in [3.05, 3.63) is 58.5 Å². The SMILES string of the molecule is Cc1cncc(Nc2cc(-c3ccc([N+](=O)[O-])cc3)nn2C(C)(C)C)n1. The molecule has 1 aromatic carbocycles. The van der Waals surface area contributed by atoms with Crippen LogP contribution in [0.4, 0.5) is 17.3 Å². The monoisotopic (exact) mass is 352 g/mol. The predicted molar refractivity (Wildman–Crippen MR) is 99.4 cm³/mol. The summed E-state index contributed by atoms with van der Waals surface area (Å²) in [5.74, 6) is 1.40. The highest BCUT2D eigenvalue weighted by Gasteiger charge is 2.21. The summed E-state index contributed by atoms with van der Waals surface area (Å²) in [4.78, 5) is 19.0. The Morgan fingerprint density at radius 3 is 2.42 bits per heavy atom. The molecule has 3 rings (SSSR count). The van der Waals surface area contributed by atoms with Gasteiger partial charge in [0, 0.05) is 30.0 Å². The van der Waals surface area contributed by atoms with Crippen LogP contribution in [0.2, 0.25) is 0 Å². The van der Waals surface area contributed by atoms with Crippen molar-refractivity contribution < 1.29 is 4.92 Å². The van der Waals surface area contributed by atoms with Crippen molar-refractivity contribution in [1.29, 1.82) is 0 Å². The van der Waals surface area contributed by atoms with Crippen LogP contribution in [-0.4, -0.2) is 24.7 Å². The second kappa shape index (κ2) is 6.55.